The number of halogens is 3. The summed E-state index contributed by atoms with van der Waals surface area (Å²) in [6.07, 6.45) is 0.943. The monoisotopic (exact) mass is 439 g/mol. The second kappa shape index (κ2) is 8.27. The minimum absolute atomic E-state index is 0.0215. The molecule has 158 valence electrons. The zero-order valence-corrected chi connectivity index (χ0v) is 16.0. The van der Waals surface area contributed by atoms with Crippen molar-refractivity contribution >= 4 is 39.8 Å². The van der Waals surface area contributed by atoms with Gasteiger partial charge in [-0.3, -0.25) is 4.79 Å². The first-order valence-electron chi connectivity index (χ1n) is 8.55. The summed E-state index contributed by atoms with van der Waals surface area (Å²) in [6, 6.07) is 2.91. The topological polar surface area (TPSA) is 138 Å². The van der Waals surface area contributed by atoms with E-state index in [0.717, 1.165) is 29.0 Å². The van der Waals surface area contributed by atoms with Gasteiger partial charge in [0.05, 0.1) is 46.2 Å². The summed E-state index contributed by atoms with van der Waals surface area (Å²) >= 11 is 6.35. The van der Waals surface area contributed by atoms with Crippen molar-refractivity contribution in [2.24, 2.45) is 0 Å². The maximum absolute atomic E-state index is 14.6. The van der Waals surface area contributed by atoms with Gasteiger partial charge in [0.15, 0.2) is 0 Å². The van der Waals surface area contributed by atoms with Gasteiger partial charge in [0, 0.05) is 18.3 Å². The smallest absolute Gasteiger partial charge is 0.341 e. The highest BCUT2D eigenvalue weighted by Crippen LogP contribution is 2.35. The third kappa shape index (κ3) is 3.56. The molecule has 0 atom stereocenters. The lowest BCUT2D eigenvalue weighted by Crippen LogP contribution is -2.20. The van der Waals surface area contributed by atoms with E-state index in [1.807, 2.05) is 0 Å². The molecule has 8 nitrogen and oxygen atoms in total. The Kier molecular flexibility index (Phi) is 5.92. The molecule has 0 saturated carbocycles. The summed E-state index contributed by atoms with van der Waals surface area (Å²) < 4.78 is 29.6. The Labute approximate surface area is 172 Å². The van der Waals surface area contributed by atoms with Gasteiger partial charge in [-0.2, -0.15) is 0 Å². The standard InChI is InChI=1S/C19H16ClF2N3O5/c20-15-16(24-1-2-26)12(22)4-9-17(15)25(6-10(18(9)28)19(29)30)14-5-13(23)11(21)3-8(14)7-27/h3-6,24,26-27H,1-2,7,23H2,(H,29,30). The van der Waals surface area contributed by atoms with E-state index in [1.54, 1.807) is 0 Å². The number of carboxylic acid groups (broad SMARTS) is 1. The van der Waals surface area contributed by atoms with E-state index in [2.05, 4.69) is 5.32 Å². The number of nitrogens with two attached hydrogens (primary N) is 1. The Balaban J connectivity index is 2.52. The Morgan fingerprint density at radius 2 is 1.90 bits per heavy atom. The number of aromatic carboxylic acids is 1. The number of aliphatic hydroxyl groups excluding tert-OH is 2. The Morgan fingerprint density at radius 1 is 1.20 bits per heavy atom. The van der Waals surface area contributed by atoms with Crippen LogP contribution in [0.25, 0.3) is 16.6 Å². The summed E-state index contributed by atoms with van der Waals surface area (Å²) in [7, 11) is 0. The van der Waals surface area contributed by atoms with Gasteiger partial charge in [-0.15, -0.1) is 0 Å². The molecule has 0 bridgehead atoms. The lowest BCUT2D eigenvalue weighted by atomic mass is 10.1. The number of aromatic nitrogens is 1. The average Bonchev–Trinajstić information content (AvgIpc) is 2.70. The fraction of sp³-hybridized carbons (Fsp3) is 0.158. The van der Waals surface area contributed by atoms with Crippen LogP contribution in [0.1, 0.15) is 15.9 Å². The zero-order valence-electron chi connectivity index (χ0n) is 15.2. The molecule has 3 rings (SSSR count). The number of carbonyl (C=O) groups is 1. The molecule has 0 unspecified atom stereocenters. The normalized spacial score (nSPS) is 11.1. The van der Waals surface area contributed by atoms with Crippen LogP contribution < -0.4 is 16.5 Å². The predicted molar refractivity (Wildman–Crippen MR) is 107 cm³/mol. The molecule has 0 aliphatic heterocycles. The molecular formula is C19H16ClF2N3O5. The molecule has 0 amide bonds. The van der Waals surface area contributed by atoms with Crippen LogP contribution in [-0.2, 0) is 6.61 Å². The molecular weight excluding hydrogens is 424 g/mol. The van der Waals surface area contributed by atoms with Gasteiger partial charge in [-0.25, -0.2) is 13.6 Å². The molecule has 0 aliphatic rings. The molecule has 0 aliphatic carbocycles. The number of anilines is 2. The second-order valence-corrected chi connectivity index (χ2v) is 6.68. The van der Waals surface area contributed by atoms with E-state index >= 15 is 0 Å². The van der Waals surface area contributed by atoms with Crippen LogP contribution >= 0.6 is 11.6 Å². The van der Waals surface area contributed by atoms with E-state index in [-0.39, 0.29) is 51.7 Å². The maximum Gasteiger partial charge on any atom is 0.341 e. The molecule has 0 saturated heterocycles. The van der Waals surface area contributed by atoms with Gasteiger partial charge in [-0.05, 0) is 18.2 Å². The van der Waals surface area contributed by atoms with Crippen LogP contribution in [0.5, 0.6) is 0 Å². The van der Waals surface area contributed by atoms with Crippen molar-refractivity contribution in [2.45, 2.75) is 6.61 Å². The first-order chi connectivity index (χ1) is 14.2. The number of nitrogen functional groups attached to an aromatic ring is 1. The number of benzene rings is 2. The zero-order chi connectivity index (χ0) is 22.2. The van der Waals surface area contributed by atoms with Gasteiger partial charge in [0.1, 0.15) is 17.2 Å². The fourth-order valence-corrected chi connectivity index (χ4v) is 3.42. The molecule has 0 fully saturated rings. The third-order valence-corrected chi connectivity index (χ3v) is 4.82. The van der Waals surface area contributed by atoms with Crippen molar-refractivity contribution < 1.29 is 28.9 Å². The molecule has 0 spiro atoms. The minimum Gasteiger partial charge on any atom is -0.477 e. The minimum atomic E-state index is -1.57. The molecule has 11 heteroatoms. The maximum atomic E-state index is 14.6. The number of hydrogen-bond acceptors (Lipinski definition) is 6. The number of aliphatic hydroxyl groups is 2. The highest BCUT2D eigenvalue weighted by Gasteiger charge is 2.23. The van der Waals surface area contributed by atoms with Crippen LogP contribution in [0.3, 0.4) is 0 Å². The van der Waals surface area contributed by atoms with Crippen molar-refractivity contribution in [3.05, 3.63) is 62.4 Å². The fourth-order valence-electron chi connectivity index (χ4n) is 3.07. The van der Waals surface area contributed by atoms with Crippen molar-refractivity contribution in [1.82, 2.24) is 4.57 Å². The van der Waals surface area contributed by atoms with E-state index in [9.17, 15) is 28.6 Å². The summed E-state index contributed by atoms with van der Waals surface area (Å²) in [4.78, 5) is 24.2. The van der Waals surface area contributed by atoms with Crippen molar-refractivity contribution in [3.63, 3.8) is 0 Å². The molecule has 2 aromatic carbocycles. The first kappa shape index (κ1) is 21.5. The molecule has 1 heterocycles. The van der Waals surface area contributed by atoms with Crippen LogP contribution in [-0.4, -0.2) is 39.0 Å². The number of carboxylic acids is 1. The van der Waals surface area contributed by atoms with E-state index in [4.69, 9.17) is 22.4 Å². The average molecular weight is 440 g/mol. The Morgan fingerprint density at radius 3 is 2.50 bits per heavy atom. The Bertz CT molecular complexity index is 1230. The van der Waals surface area contributed by atoms with Gasteiger partial charge in [0.25, 0.3) is 0 Å². The van der Waals surface area contributed by atoms with Crippen LogP contribution in [0.2, 0.25) is 5.02 Å². The molecule has 6 N–H and O–H groups in total. The van der Waals surface area contributed by atoms with Gasteiger partial charge in [0.2, 0.25) is 5.43 Å². The number of nitrogens with zero attached hydrogens (tertiary/aromatic N) is 1. The van der Waals surface area contributed by atoms with Crippen molar-refractivity contribution in [1.29, 1.82) is 0 Å². The third-order valence-electron chi connectivity index (χ3n) is 4.45. The molecule has 0 radical (unpaired) electrons. The highest BCUT2D eigenvalue weighted by atomic mass is 35.5. The first-order valence-corrected chi connectivity index (χ1v) is 8.93. The van der Waals surface area contributed by atoms with Gasteiger partial charge in [-0.1, -0.05) is 11.6 Å². The van der Waals surface area contributed by atoms with Crippen LogP contribution in [0.4, 0.5) is 20.2 Å². The van der Waals surface area contributed by atoms with Crippen LogP contribution in [0.15, 0.2) is 29.2 Å². The van der Waals surface area contributed by atoms with E-state index in [0.29, 0.717) is 0 Å². The van der Waals surface area contributed by atoms with Crippen molar-refractivity contribution in [3.8, 4) is 5.69 Å². The number of rotatable bonds is 6. The Hall–Kier alpha value is -3.21. The van der Waals surface area contributed by atoms with Crippen LogP contribution in [0, 0.1) is 11.6 Å². The van der Waals surface area contributed by atoms with E-state index in [1.165, 1.54) is 0 Å². The molecule has 1 aromatic heterocycles. The number of fused-ring (bicyclic) bond motifs is 1. The summed E-state index contributed by atoms with van der Waals surface area (Å²) in [6.45, 7) is -1.02. The SMILES string of the molecule is Nc1cc(-n2cc(C(=O)O)c(=O)c3cc(F)c(NCCO)c(Cl)c32)c(CO)cc1F. The highest BCUT2D eigenvalue weighted by molar-refractivity contribution is 6.38. The molecule has 30 heavy (non-hydrogen) atoms. The second-order valence-electron chi connectivity index (χ2n) is 6.30. The summed E-state index contributed by atoms with van der Waals surface area (Å²) in [5, 5.41) is 30.0. The lowest BCUT2D eigenvalue weighted by molar-refractivity contribution is 0.0695. The quantitative estimate of drug-likeness (QED) is 0.371. The number of pyridine rings is 1. The number of nitrogens with one attached hydrogen (secondary N) is 1. The van der Waals surface area contributed by atoms with Gasteiger partial charge < -0.3 is 30.9 Å². The summed E-state index contributed by atoms with van der Waals surface area (Å²) in [5.74, 6) is -3.32. The predicted octanol–water partition coefficient (Wildman–Crippen LogP) is 2.10. The van der Waals surface area contributed by atoms with E-state index < -0.39 is 35.2 Å². The van der Waals surface area contributed by atoms with Gasteiger partial charge >= 0.3 is 5.97 Å². The number of hydrogen-bond donors (Lipinski definition) is 5. The molecule has 3 aromatic rings. The van der Waals surface area contributed by atoms with Crippen molar-refractivity contribution in [2.75, 3.05) is 24.2 Å². The lowest BCUT2D eigenvalue weighted by Gasteiger charge is -2.19. The summed E-state index contributed by atoms with van der Waals surface area (Å²) in [5.41, 5.74) is 3.40. The largest absolute Gasteiger partial charge is 0.477 e.